The van der Waals surface area contributed by atoms with Gasteiger partial charge in [-0.1, -0.05) is 24.2 Å². The van der Waals surface area contributed by atoms with Crippen LogP contribution in [0.15, 0.2) is 28.8 Å². The molecule has 1 amide bonds. The van der Waals surface area contributed by atoms with Crippen LogP contribution in [0.3, 0.4) is 0 Å². The monoisotopic (exact) mass is 371 g/mol. The fraction of sp³-hybridized carbons (Fsp3) is 0.524. The topological polar surface area (TPSA) is 58.8 Å². The molecule has 2 heterocycles. The highest BCUT2D eigenvalue weighted by Crippen LogP contribution is 2.18. The van der Waals surface area contributed by atoms with Crippen LogP contribution in [0.25, 0.3) is 0 Å². The van der Waals surface area contributed by atoms with Crippen molar-refractivity contribution < 1.29 is 14.1 Å². The Labute approximate surface area is 161 Å². The lowest BCUT2D eigenvalue weighted by Crippen LogP contribution is -2.49. The summed E-state index contributed by atoms with van der Waals surface area (Å²) in [6, 6.07) is 7.77. The number of piperazine rings is 1. The predicted octanol–water partition coefficient (Wildman–Crippen LogP) is 2.97. The van der Waals surface area contributed by atoms with Gasteiger partial charge in [-0.05, 0) is 44.5 Å². The molecule has 2 aromatic rings. The Morgan fingerprint density at radius 3 is 2.44 bits per heavy atom. The summed E-state index contributed by atoms with van der Waals surface area (Å²) >= 11 is 0. The molecule has 146 valence electrons. The summed E-state index contributed by atoms with van der Waals surface area (Å²) in [5.41, 5.74) is 2.85. The number of carbonyl (C=O) groups excluding carboxylic acids is 1. The van der Waals surface area contributed by atoms with E-state index < -0.39 is 0 Å². The van der Waals surface area contributed by atoms with Crippen molar-refractivity contribution in [1.82, 2.24) is 15.0 Å². The number of benzene rings is 1. The van der Waals surface area contributed by atoms with E-state index in [9.17, 15) is 4.79 Å². The third kappa shape index (κ3) is 5.10. The lowest BCUT2D eigenvalue weighted by Gasteiger charge is -2.34. The highest BCUT2D eigenvalue weighted by molar-refractivity contribution is 5.79. The first-order valence-corrected chi connectivity index (χ1v) is 9.70. The number of aromatic nitrogens is 1. The van der Waals surface area contributed by atoms with Gasteiger partial charge in [0.25, 0.3) is 0 Å². The first-order valence-electron chi connectivity index (χ1n) is 9.70. The highest BCUT2D eigenvalue weighted by atomic mass is 16.5. The average molecular weight is 371 g/mol. The van der Waals surface area contributed by atoms with Gasteiger partial charge in [0.15, 0.2) is 0 Å². The molecule has 1 aromatic heterocycles. The summed E-state index contributed by atoms with van der Waals surface area (Å²) < 4.78 is 11.0. The number of nitrogens with zero attached hydrogens (tertiary/aromatic N) is 3. The zero-order valence-corrected chi connectivity index (χ0v) is 16.5. The van der Waals surface area contributed by atoms with Gasteiger partial charge in [0, 0.05) is 26.2 Å². The fourth-order valence-corrected chi connectivity index (χ4v) is 3.39. The van der Waals surface area contributed by atoms with E-state index in [1.54, 1.807) is 0 Å². The maximum absolute atomic E-state index is 12.5. The minimum Gasteiger partial charge on any atom is -0.489 e. The van der Waals surface area contributed by atoms with Crippen molar-refractivity contribution >= 4 is 5.91 Å². The maximum Gasteiger partial charge on any atom is 0.227 e. The number of hydrogen-bond donors (Lipinski definition) is 0. The second-order valence-electron chi connectivity index (χ2n) is 7.13. The van der Waals surface area contributed by atoms with Crippen molar-refractivity contribution in [3.8, 4) is 5.75 Å². The Hall–Kier alpha value is -2.34. The minimum atomic E-state index is 0.204. The standard InChI is InChI=1S/C21H29N3O3/c1-4-9-23-10-12-24(13-11-23)21(25)14-18-5-7-19(8-6-18)26-15-20-16(2)22-27-17(20)3/h5-8H,4,9-15H2,1-3H3. The van der Waals surface area contributed by atoms with Crippen LogP contribution in [0.5, 0.6) is 5.75 Å². The molecular formula is C21H29N3O3. The number of amides is 1. The molecule has 0 saturated carbocycles. The Bertz CT molecular complexity index is 727. The van der Waals surface area contributed by atoms with Crippen LogP contribution in [-0.4, -0.2) is 53.6 Å². The van der Waals surface area contributed by atoms with Crippen LogP contribution >= 0.6 is 0 Å². The number of hydrogen-bond acceptors (Lipinski definition) is 5. The second-order valence-corrected chi connectivity index (χ2v) is 7.13. The summed E-state index contributed by atoms with van der Waals surface area (Å²) in [4.78, 5) is 16.9. The van der Waals surface area contributed by atoms with Gasteiger partial charge in [-0.3, -0.25) is 9.69 Å². The summed E-state index contributed by atoms with van der Waals surface area (Å²) in [6.45, 7) is 11.2. The van der Waals surface area contributed by atoms with Gasteiger partial charge >= 0.3 is 0 Å². The molecule has 1 fully saturated rings. The molecule has 0 spiro atoms. The van der Waals surface area contributed by atoms with Crippen LogP contribution in [-0.2, 0) is 17.8 Å². The largest absolute Gasteiger partial charge is 0.489 e. The molecule has 27 heavy (non-hydrogen) atoms. The molecule has 6 nitrogen and oxygen atoms in total. The van der Waals surface area contributed by atoms with E-state index in [1.807, 2.05) is 43.0 Å². The summed E-state index contributed by atoms with van der Waals surface area (Å²) in [7, 11) is 0. The number of ether oxygens (including phenoxy) is 1. The van der Waals surface area contributed by atoms with E-state index in [1.165, 1.54) is 6.42 Å². The molecule has 1 aliphatic rings. The molecular weight excluding hydrogens is 342 g/mol. The third-order valence-electron chi connectivity index (χ3n) is 5.11. The molecule has 6 heteroatoms. The molecule has 0 unspecified atom stereocenters. The summed E-state index contributed by atoms with van der Waals surface area (Å²) in [6.07, 6.45) is 1.61. The number of carbonyl (C=O) groups is 1. The molecule has 0 radical (unpaired) electrons. The maximum atomic E-state index is 12.5. The SMILES string of the molecule is CCCN1CCN(C(=O)Cc2ccc(OCc3c(C)noc3C)cc2)CC1. The first-order chi connectivity index (χ1) is 13.1. The third-order valence-corrected chi connectivity index (χ3v) is 5.11. The Morgan fingerprint density at radius 1 is 1.15 bits per heavy atom. The molecule has 1 saturated heterocycles. The van der Waals surface area contributed by atoms with Crippen LogP contribution in [0.1, 0.15) is 35.9 Å². The molecule has 1 aromatic carbocycles. The lowest BCUT2D eigenvalue weighted by atomic mass is 10.1. The van der Waals surface area contributed by atoms with Gasteiger partial charge in [-0.15, -0.1) is 0 Å². The Balaban J connectivity index is 1.48. The van der Waals surface area contributed by atoms with Gasteiger partial charge in [-0.25, -0.2) is 0 Å². The smallest absolute Gasteiger partial charge is 0.227 e. The van der Waals surface area contributed by atoms with E-state index in [0.717, 1.165) is 61.1 Å². The molecule has 3 rings (SSSR count). The molecule has 0 N–H and O–H groups in total. The van der Waals surface area contributed by atoms with Gasteiger partial charge in [0.2, 0.25) is 5.91 Å². The van der Waals surface area contributed by atoms with E-state index >= 15 is 0 Å². The molecule has 0 bridgehead atoms. The van der Waals surface area contributed by atoms with Crippen molar-refractivity contribution in [3.05, 3.63) is 46.8 Å². The predicted molar refractivity (Wildman–Crippen MR) is 104 cm³/mol. The molecule has 1 aliphatic heterocycles. The van der Waals surface area contributed by atoms with Crippen LogP contribution in [0, 0.1) is 13.8 Å². The van der Waals surface area contributed by atoms with Crippen molar-refractivity contribution in [3.63, 3.8) is 0 Å². The Morgan fingerprint density at radius 2 is 1.85 bits per heavy atom. The van der Waals surface area contributed by atoms with Gasteiger partial charge < -0.3 is 14.2 Å². The zero-order chi connectivity index (χ0) is 19.2. The van der Waals surface area contributed by atoms with Crippen molar-refractivity contribution in [2.24, 2.45) is 0 Å². The molecule has 0 atom stereocenters. The van der Waals surface area contributed by atoms with Crippen LogP contribution < -0.4 is 4.74 Å². The average Bonchev–Trinajstić information content (AvgIpc) is 3.00. The highest BCUT2D eigenvalue weighted by Gasteiger charge is 2.20. The van der Waals surface area contributed by atoms with Crippen molar-refractivity contribution in [2.45, 2.75) is 40.2 Å². The van der Waals surface area contributed by atoms with Crippen LogP contribution in [0.2, 0.25) is 0 Å². The van der Waals surface area contributed by atoms with Gasteiger partial charge in [-0.2, -0.15) is 0 Å². The number of aryl methyl sites for hydroxylation is 2. The quantitative estimate of drug-likeness (QED) is 0.749. The molecule has 0 aliphatic carbocycles. The van der Waals surface area contributed by atoms with E-state index in [4.69, 9.17) is 9.26 Å². The van der Waals surface area contributed by atoms with Gasteiger partial charge in [0.1, 0.15) is 18.1 Å². The summed E-state index contributed by atoms with van der Waals surface area (Å²) in [5.74, 6) is 1.77. The lowest BCUT2D eigenvalue weighted by molar-refractivity contribution is -0.132. The van der Waals surface area contributed by atoms with Crippen molar-refractivity contribution in [2.75, 3.05) is 32.7 Å². The minimum absolute atomic E-state index is 0.204. The van der Waals surface area contributed by atoms with Crippen LogP contribution in [0.4, 0.5) is 0 Å². The normalized spacial score (nSPS) is 15.1. The van der Waals surface area contributed by atoms with Gasteiger partial charge in [0.05, 0.1) is 17.7 Å². The zero-order valence-electron chi connectivity index (χ0n) is 16.5. The first kappa shape index (κ1) is 19.4. The van der Waals surface area contributed by atoms with Crippen molar-refractivity contribution in [1.29, 1.82) is 0 Å². The van der Waals surface area contributed by atoms with E-state index in [2.05, 4.69) is 17.0 Å². The summed E-state index contributed by atoms with van der Waals surface area (Å²) in [5, 5.41) is 3.93. The second kappa shape index (κ2) is 9.04. The van der Waals surface area contributed by atoms with E-state index in [0.29, 0.717) is 13.0 Å². The fourth-order valence-electron chi connectivity index (χ4n) is 3.39. The van der Waals surface area contributed by atoms with E-state index in [-0.39, 0.29) is 5.91 Å². The Kier molecular flexibility index (Phi) is 6.50. The number of rotatable bonds is 7.